The quantitative estimate of drug-likeness (QED) is 0.656. The molecule has 2 aromatic carbocycles. The standard InChI is InChI=1S/C18H13Cl2N3O2S/c19-12-6-7-13(14(20)8-12)17(25)21-9-16(24)23-18-22-15(10-26-18)11-4-2-1-3-5-11/h1-8,10H,9H2,(H,21,25)(H,22,23,24). The first kappa shape index (κ1) is 18.4. The Hall–Kier alpha value is -2.41. The van der Waals surface area contributed by atoms with Gasteiger partial charge in [0, 0.05) is 16.0 Å². The predicted molar refractivity (Wildman–Crippen MR) is 105 cm³/mol. The van der Waals surface area contributed by atoms with Crippen LogP contribution in [0.1, 0.15) is 10.4 Å². The van der Waals surface area contributed by atoms with Gasteiger partial charge in [-0.15, -0.1) is 11.3 Å². The summed E-state index contributed by atoms with van der Waals surface area (Å²) in [5.41, 5.74) is 2.00. The van der Waals surface area contributed by atoms with Crippen molar-refractivity contribution >= 4 is 51.5 Å². The van der Waals surface area contributed by atoms with Crippen molar-refractivity contribution in [1.29, 1.82) is 0 Å². The van der Waals surface area contributed by atoms with E-state index in [2.05, 4.69) is 15.6 Å². The molecule has 0 unspecified atom stereocenters. The molecule has 2 amide bonds. The maximum absolute atomic E-state index is 12.1. The highest BCUT2D eigenvalue weighted by Gasteiger charge is 2.13. The molecular weight excluding hydrogens is 393 g/mol. The van der Waals surface area contributed by atoms with E-state index in [1.54, 1.807) is 6.07 Å². The SMILES string of the molecule is O=C(CNC(=O)c1ccc(Cl)cc1Cl)Nc1nc(-c2ccccc2)cs1. The number of halogens is 2. The number of nitrogens with zero attached hydrogens (tertiary/aromatic N) is 1. The normalized spacial score (nSPS) is 10.4. The summed E-state index contributed by atoms with van der Waals surface area (Å²) in [6.45, 7) is -0.196. The number of hydrogen-bond donors (Lipinski definition) is 2. The van der Waals surface area contributed by atoms with Gasteiger partial charge >= 0.3 is 0 Å². The highest BCUT2D eigenvalue weighted by molar-refractivity contribution is 7.14. The highest BCUT2D eigenvalue weighted by atomic mass is 35.5. The van der Waals surface area contributed by atoms with Crippen LogP contribution in [0.15, 0.2) is 53.9 Å². The van der Waals surface area contributed by atoms with Gasteiger partial charge in [-0.25, -0.2) is 4.98 Å². The van der Waals surface area contributed by atoms with Gasteiger partial charge in [-0.2, -0.15) is 0 Å². The van der Waals surface area contributed by atoms with E-state index in [1.807, 2.05) is 35.7 Å². The van der Waals surface area contributed by atoms with E-state index in [1.165, 1.54) is 23.5 Å². The summed E-state index contributed by atoms with van der Waals surface area (Å²) >= 11 is 13.1. The molecule has 2 N–H and O–H groups in total. The van der Waals surface area contributed by atoms with Gasteiger partial charge in [-0.3, -0.25) is 9.59 Å². The van der Waals surface area contributed by atoms with Crippen molar-refractivity contribution in [3.05, 3.63) is 69.5 Å². The maximum atomic E-state index is 12.1. The Morgan fingerprint density at radius 2 is 1.85 bits per heavy atom. The molecule has 0 saturated heterocycles. The molecule has 0 bridgehead atoms. The number of anilines is 1. The summed E-state index contributed by atoms with van der Waals surface area (Å²) in [7, 11) is 0. The lowest BCUT2D eigenvalue weighted by molar-refractivity contribution is -0.115. The Kier molecular flexibility index (Phi) is 5.88. The second-order valence-electron chi connectivity index (χ2n) is 5.26. The van der Waals surface area contributed by atoms with E-state index in [4.69, 9.17) is 23.2 Å². The Bertz CT molecular complexity index is 945. The lowest BCUT2D eigenvalue weighted by Gasteiger charge is -2.07. The minimum Gasteiger partial charge on any atom is -0.343 e. The number of benzene rings is 2. The Labute approximate surface area is 164 Å². The van der Waals surface area contributed by atoms with Crippen molar-refractivity contribution in [3.8, 4) is 11.3 Å². The second kappa shape index (κ2) is 8.31. The third-order valence-electron chi connectivity index (χ3n) is 3.41. The molecule has 0 spiro atoms. The summed E-state index contributed by atoms with van der Waals surface area (Å²) in [5.74, 6) is -0.830. The van der Waals surface area contributed by atoms with Gasteiger partial charge in [0.1, 0.15) is 0 Å². The van der Waals surface area contributed by atoms with Crippen molar-refractivity contribution in [2.45, 2.75) is 0 Å². The lowest BCUT2D eigenvalue weighted by Crippen LogP contribution is -2.33. The number of nitrogens with one attached hydrogen (secondary N) is 2. The van der Waals surface area contributed by atoms with Crippen LogP contribution in [-0.2, 0) is 4.79 Å². The van der Waals surface area contributed by atoms with Crippen LogP contribution < -0.4 is 10.6 Å². The van der Waals surface area contributed by atoms with Gasteiger partial charge in [-0.05, 0) is 18.2 Å². The average molecular weight is 406 g/mol. The highest BCUT2D eigenvalue weighted by Crippen LogP contribution is 2.24. The summed E-state index contributed by atoms with van der Waals surface area (Å²) in [6, 6.07) is 14.2. The third kappa shape index (κ3) is 4.60. The van der Waals surface area contributed by atoms with Crippen LogP contribution in [0, 0.1) is 0 Å². The molecule has 0 atom stereocenters. The minimum absolute atomic E-state index is 0.196. The first-order valence-electron chi connectivity index (χ1n) is 7.57. The van der Waals surface area contributed by atoms with Crippen molar-refractivity contribution in [2.24, 2.45) is 0 Å². The number of carbonyl (C=O) groups excluding carboxylic acids is 2. The third-order valence-corrected chi connectivity index (χ3v) is 4.71. The Morgan fingerprint density at radius 3 is 2.58 bits per heavy atom. The summed E-state index contributed by atoms with van der Waals surface area (Å²) < 4.78 is 0. The topological polar surface area (TPSA) is 71.1 Å². The fourth-order valence-corrected chi connectivity index (χ4v) is 3.40. The summed E-state index contributed by atoms with van der Waals surface area (Å²) in [5, 5.41) is 8.16. The molecule has 1 heterocycles. The van der Waals surface area contributed by atoms with E-state index in [0.717, 1.165) is 11.3 Å². The lowest BCUT2D eigenvalue weighted by atomic mass is 10.2. The summed E-state index contributed by atoms with van der Waals surface area (Å²) in [6.07, 6.45) is 0. The number of hydrogen-bond acceptors (Lipinski definition) is 4. The molecule has 3 rings (SSSR count). The van der Waals surface area contributed by atoms with Gasteiger partial charge in [0.25, 0.3) is 5.91 Å². The van der Waals surface area contributed by atoms with Crippen LogP contribution in [0.5, 0.6) is 0 Å². The van der Waals surface area contributed by atoms with Crippen molar-refractivity contribution < 1.29 is 9.59 Å². The molecule has 0 aliphatic carbocycles. The zero-order valence-corrected chi connectivity index (χ0v) is 15.7. The average Bonchev–Trinajstić information content (AvgIpc) is 3.09. The van der Waals surface area contributed by atoms with E-state index >= 15 is 0 Å². The van der Waals surface area contributed by atoms with E-state index < -0.39 is 5.91 Å². The number of aromatic nitrogens is 1. The number of carbonyl (C=O) groups is 2. The van der Waals surface area contributed by atoms with E-state index in [-0.39, 0.29) is 23.0 Å². The fourth-order valence-electron chi connectivity index (χ4n) is 2.17. The van der Waals surface area contributed by atoms with Crippen molar-refractivity contribution in [1.82, 2.24) is 10.3 Å². The predicted octanol–water partition coefficient (Wildman–Crippen LogP) is 4.49. The Balaban J connectivity index is 1.56. The largest absolute Gasteiger partial charge is 0.343 e. The van der Waals surface area contributed by atoms with Crippen LogP contribution in [-0.4, -0.2) is 23.3 Å². The van der Waals surface area contributed by atoms with E-state index in [0.29, 0.717) is 10.2 Å². The van der Waals surface area contributed by atoms with Crippen LogP contribution in [0.2, 0.25) is 10.0 Å². The number of thiazole rings is 1. The van der Waals surface area contributed by atoms with E-state index in [9.17, 15) is 9.59 Å². The number of rotatable bonds is 5. The van der Waals surface area contributed by atoms with Crippen LogP contribution in [0.4, 0.5) is 5.13 Å². The minimum atomic E-state index is -0.453. The first-order valence-corrected chi connectivity index (χ1v) is 9.20. The second-order valence-corrected chi connectivity index (χ2v) is 6.96. The smallest absolute Gasteiger partial charge is 0.253 e. The molecular formula is C18H13Cl2N3O2S. The number of amides is 2. The molecule has 0 fully saturated rings. The molecule has 3 aromatic rings. The van der Waals surface area contributed by atoms with Gasteiger partial charge in [-0.1, -0.05) is 53.5 Å². The monoisotopic (exact) mass is 405 g/mol. The van der Waals surface area contributed by atoms with Crippen LogP contribution in [0.25, 0.3) is 11.3 Å². The Morgan fingerprint density at radius 1 is 1.08 bits per heavy atom. The van der Waals surface area contributed by atoms with Gasteiger partial charge in [0.15, 0.2) is 5.13 Å². The molecule has 0 aliphatic rings. The summed E-state index contributed by atoms with van der Waals surface area (Å²) in [4.78, 5) is 28.5. The molecule has 5 nitrogen and oxygen atoms in total. The molecule has 1 aromatic heterocycles. The van der Waals surface area contributed by atoms with Gasteiger partial charge in [0.2, 0.25) is 5.91 Å². The van der Waals surface area contributed by atoms with Gasteiger partial charge in [0.05, 0.1) is 22.8 Å². The molecule has 0 aliphatic heterocycles. The first-order chi connectivity index (χ1) is 12.5. The zero-order chi connectivity index (χ0) is 18.5. The van der Waals surface area contributed by atoms with Crippen LogP contribution in [0.3, 0.4) is 0 Å². The maximum Gasteiger partial charge on any atom is 0.253 e. The molecule has 0 radical (unpaired) electrons. The molecule has 132 valence electrons. The fraction of sp³-hybridized carbons (Fsp3) is 0.0556. The van der Waals surface area contributed by atoms with Crippen LogP contribution >= 0.6 is 34.5 Å². The zero-order valence-electron chi connectivity index (χ0n) is 13.3. The van der Waals surface area contributed by atoms with Gasteiger partial charge < -0.3 is 10.6 Å². The molecule has 0 saturated carbocycles. The molecule has 8 heteroatoms. The van der Waals surface area contributed by atoms with Crippen molar-refractivity contribution in [2.75, 3.05) is 11.9 Å². The van der Waals surface area contributed by atoms with Crippen molar-refractivity contribution in [3.63, 3.8) is 0 Å². The molecule has 26 heavy (non-hydrogen) atoms.